The molecule has 0 aliphatic rings. The van der Waals surface area contributed by atoms with Crippen LogP contribution in [-0.2, 0) is 11.2 Å². The average Bonchev–Trinajstić information content (AvgIpc) is 2.81. The molecule has 0 saturated carbocycles. The predicted molar refractivity (Wildman–Crippen MR) is 75.0 cm³/mol. The highest BCUT2D eigenvalue weighted by Crippen LogP contribution is 2.17. The van der Waals surface area contributed by atoms with Gasteiger partial charge in [0.05, 0.1) is 11.6 Å². The molecule has 1 aromatic heterocycles. The minimum atomic E-state index is -0.351. The Morgan fingerprint density at radius 1 is 1.39 bits per heavy atom. The smallest absolute Gasteiger partial charge is 0.357 e. The number of ether oxygens (including phenoxy) is 1. The van der Waals surface area contributed by atoms with Crippen molar-refractivity contribution in [2.45, 2.75) is 13.3 Å². The molecule has 5 heteroatoms. The molecule has 2 aromatic rings. The molecule has 0 radical (unpaired) electrons. The van der Waals surface area contributed by atoms with E-state index in [0.717, 1.165) is 15.9 Å². The van der Waals surface area contributed by atoms with E-state index in [2.05, 4.69) is 20.9 Å². The van der Waals surface area contributed by atoms with E-state index in [1.807, 2.05) is 24.3 Å². The zero-order chi connectivity index (χ0) is 13.0. The molecule has 0 bridgehead atoms. The van der Waals surface area contributed by atoms with Crippen molar-refractivity contribution in [3.05, 3.63) is 50.4 Å². The van der Waals surface area contributed by atoms with E-state index < -0.39 is 0 Å². The summed E-state index contributed by atoms with van der Waals surface area (Å²) in [7, 11) is 0. The second-order valence-electron chi connectivity index (χ2n) is 3.65. The maximum atomic E-state index is 11.5. The first kappa shape index (κ1) is 13.2. The van der Waals surface area contributed by atoms with E-state index in [9.17, 15) is 4.79 Å². The van der Waals surface area contributed by atoms with Crippen LogP contribution in [0.25, 0.3) is 0 Å². The predicted octanol–water partition coefficient (Wildman–Crippen LogP) is 3.67. The SMILES string of the molecule is CCOC(=O)c1csc(Cc2ccc(Br)cc2)n1. The van der Waals surface area contributed by atoms with E-state index in [-0.39, 0.29) is 5.97 Å². The van der Waals surface area contributed by atoms with Gasteiger partial charge < -0.3 is 4.74 Å². The Morgan fingerprint density at radius 3 is 2.78 bits per heavy atom. The summed E-state index contributed by atoms with van der Waals surface area (Å²) < 4.78 is 5.96. The Hall–Kier alpha value is -1.20. The van der Waals surface area contributed by atoms with Gasteiger partial charge in [-0.15, -0.1) is 11.3 Å². The highest BCUT2D eigenvalue weighted by atomic mass is 79.9. The summed E-state index contributed by atoms with van der Waals surface area (Å²) in [5, 5.41) is 2.66. The number of hydrogen-bond donors (Lipinski definition) is 0. The Balaban J connectivity index is 2.06. The van der Waals surface area contributed by atoms with Crippen molar-refractivity contribution in [3.63, 3.8) is 0 Å². The van der Waals surface area contributed by atoms with Gasteiger partial charge in [0.2, 0.25) is 0 Å². The lowest BCUT2D eigenvalue weighted by Gasteiger charge is -1.98. The van der Waals surface area contributed by atoms with Crippen LogP contribution in [0.15, 0.2) is 34.1 Å². The van der Waals surface area contributed by atoms with Crippen LogP contribution in [0.3, 0.4) is 0 Å². The normalized spacial score (nSPS) is 10.3. The van der Waals surface area contributed by atoms with Crippen LogP contribution in [0, 0.1) is 0 Å². The number of carbonyl (C=O) groups excluding carboxylic acids is 1. The van der Waals surface area contributed by atoms with E-state index in [1.165, 1.54) is 16.9 Å². The molecule has 18 heavy (non-hydrogen) atoms. The van der Waals surface area contributed by atoms with Gasteiger partial charge in [-0.2, -0.15) is 0 Å². The third-order valence-electron chi connectivity index (χ3n) is 2.30. The van der Waals surface area contributed by atoms with Crippen molar-refractivity contribution in [1.29, 1.82) is 0 Å². The second kappa shape index (κ2) is 6.11. The van der Waals surface area contributed by atoms with Gasteiger partial charge in [0.15, 0.2) is 5.69 Å². The van der Waals surface area contributed by atoms with Crippen molar-refractivity contribution in [2.75, 3.05) is 6.61 Å². The molecule has 1 heterocycles. The topological polar surface area (TPSA) is 39.2 Å². The van der Waals surface area contributed by atoms with Crippen LogP contribution in [-0.4, -0.2) is 17.6 Å². The molecule has 0 atom stereocenters. The number of aromatic nitrogens is 1. The van der Waals surface area contributed by atoms with Gasteiger partial charge in [-0.05, 0) is 24.6 Å². The fourth-order valence-corrected chi connectivity index (χ4v) is 2.53. The third-order valence-corrected chi connectivity index (χ3v) is 3.68. The first-order chi connectivity index (χ1) is 8.69. The number of rotatable bonds is 4. The number of hydrogen-bond acceptors (Lipinski definition) is 4. The minimum Gasteiger partial charge on any atom is -0.461 e. The average molecular weight is 326 g/mol. The maximum Gasteiger partial charge on any atom is 0.357 e. The number of thiazole rings is 1. The summed E-state index contributed by atoms with van der Waals surface area (Å²) in [5.41, 5.74) is 1.57. The maximum absolute atomic E-state index is 11.5. The highest BCUT2D eigenvalue weighted by Gasteiger charge is 2.11. The zero-order valence-electron chi connectivity index (χ0n) is 9.85. The van der Waals surface area contributed by atoms with Crippen molar-refractivity contribution < 1.29 is 9.53 Å². The minimum absolute atomic E-state index is 0.351. The molecule has 2 rings (SSSR count). The number of halogens is 1. The van der Waals surface area contributed by atoms with Crippen LogP contribution >= 0.6 is 27.3 Å². The monoisotopic (exact) mass is 325 g/mol. The highest BCUT2D eigenvalue weighted by molar-refractivity contribution is 9.10. The quantitative estimate of drug-likeness (QED) is 0.805. The number of nitrogens with zero attached hydrogens (tertiary/aromatic N) is 1. The molecule has 0 unspecified atom stereocenters. The van der Waals surface area contributed by atoms with Crippen LogP contribution in [0.5, 0.6) is 0 Å². The zero-order valence-corrected chi connectivity index (χ0v) is 12.3. The van der Waals surface area contributed by atoms with Gasteiger partial charge in [0.25, 0.3) is 0 Å². The van der Waals surface area contributed by atoms with Crippen LogP contribution in [0.1, 0.15) is 28.0 Å². The van der Waals surface area contributed by atoms with E-state index in [4.69, 9.17) is 4.74 Å². The molecule has 94 valence electrons. The Labute approximate surface area is 118 Å². The van der Waals surface area contributed by atoms with E-state index in [0.29, 0.717) is 12.3 Å². The van der Waals surface area contributed by atoms with Crippen LogP contribution in [0.2, 0.25) is 0 Å². The van der Waals surface area contributed by atoms with Gasteiger partial charge in [0, 0.05) is 16.3 Å². The summed E-state index contributed by atoms with van der Waals surface area (Å²) in [6, 6.07) is 8.06. The molecule has 0 spiro atoms. The van der Waals surface area contributed by atoms with Gasteiger partial charge in [-0.3, -0.25) is 0 Å². The van der Waals surface area contributed by atoms with Gasteiger partial charge in [0.1, 0.15) is 0 Å². The van der Waals surface area contributed by atoms with Crippen molar-refractivity contribution in [1.82, 2.24) is 4.98 Å². The van der Waals surface area contributed by atoms with E-state index in [1.54, 1.807) is 12.3 Å². The molecule has 0 saturated heterocycles. The Bertz CT molecular complexity index is 536. The second-order valence-corrected chi connectivity index (χ2v) is 5.51. The van der Waals surface area contributed by atoms with Crippen molar-refractivity contribution >= 4 is 33.2 Å². The molecular formula is C13H12BrNO2S. The lowest BCUT2D eigenvalue weighted by molar-refractivity contribution is 0.0520. The fraction of sp³-hybridized carbons (Fsp3) is 0.231. The molecular weight excluding hydrogens is 314 g/mol. The fourth-order valence-electron chi connectivity index (χ4n) is 1.47. The van der Waals surface area contributed by atoms with Gasteiger partial charge in [-0.1, -0.05) is 28.1 Å². The third kappa shape index (κ3) is 3.40. The first-order valence-corrected chi connectivity index (χ1v) is 7.22. The molecule has 0 fully saturated rings. The summed E-state index contributed by atoms with van der Waals surface area (Å²) >= 11 is 4.88. The number of carbonyl (C=O) groups is 1. The van der Waals surface area contributed by atoms with Crippen molar-refractivity contribution in [2.24, 2.45) is 0 Å². The standard InChI is InChI=1S/C13H12BrNO2S/c1-2-17-13(16)11-8-18-12(15-11)7-9-3-5-10(14)6-4-9/h3-6,8H,2,7H2,1H3. The Kier molecular flexibility index (Phi) is 4.49. The van der Waals surface area contributed by atoms with Gasteiger partial charge >= 0.3 is 5.97 Å². The molecule has 0 amide bonds. The Morgan fingerprint density at radius 2 is 2.11 bits per heavy atom. The summed E-state index contributed by atoms with van der Waals surface area (Å²) in [6.07, 6.45) is 0.733. The van der Waals surface area contributed by atoms with Crippen molar-refractivity contribution in [3.8, 4) is 0 Å². The molecule has 1 aromatic carbocycles. The van der Waals surface area contributed by atoms with Crippen LogP contribution in [0.4, 0.5) is 0 Å². The summed E-state index contributed by atoms with van der Waals surface area (Å²) in [4.78, 5) is 15.7. The van der Waals surface area contributed by atoms with Gasteiger partial charge in [-0.25, -0.2) is 9.78 Å². The van der Waals surface area contributed by atoms with Crippen LogP contribution < -0.4 is 0 Å². The summed E-state index contributed by atoms with van der Waals surface area (Å²) in [5.74, 6) is -0.351. The molecule has 0 aliphatic carbocycles. The molecule has 0 aliphatic heterocycles. The first-order valence-electron chi connectivity index (χ1n) is 5.55. The molecule has 3 nitrogen and oxygen atoms in total. The lowest BCUT2D eigenvalue weighted by Crippen LogP contribution is -2.05. The molecule has 0 N–H and O–H groups in total. The van der Waals surface area contributed by atoms with E-state index >= 15 is 0 Å². The summed E-state index contributed by atoms with van der Waals surface area (Å²) in [6.45, 7) is 2.16. The lowest BCUT2D eigenvalue weighted by atomic mass is 10.2. The number of benzene rings is 1. The number of esters is 1. The largest absolute Gasteiger partial charge is 0.461 e.